The van der Waals surface area contributed by atoms with E-state index in [0.717, 1.165) is 63.0 Å². The van der Waals surface area contributed by atoms with Gasteiger partial charge in [-0.2, -0.15) is 18.2 Å². The molecule has 3 aliphatic rings. The van der Waals surface area contributed by atoms with Crippen molar-refractivity contribution in [3.8, 4) is 5.75 Å². The van der Waals surface area contributed by atoms with Crippen LogP contribution in [-0.4, -0.2) is 93.8 Å². The van der Waals surface area contributed by atoms with Crippen molar-refractivity contribution < 1.29 is 37.1 Å². The molecule has 1 aromatic heterocycles. The Bertz CT molecular complexity index is 1870. The second-order valence-electron chi connectivity index (χ2n) is 14.5. The van der Waals surface area contributed by atoms with Gasteiger partial charge in [-0.15, -0.1) is 0 Å². The molecule has 0 spiro atoms. The number of fused-ring (bicyclic) bond motifs is 1. The molecule has 53 heavy (non-hydrogen) atoms. The third kappa shape index (κ3) is 7.64. The number of nitrogens with one attached hydrogen (secondary N) is 2. The zero-order valence-electron chi connectivity index (χ0n) is 30.8. The molecule has 0 bridgehead atoms. The molecule has 0 atom stereocenters. The number of likely N-dealkylation sites (N-methyl/N-ethyl adjacent to an activating group) is 1. The maximum Gasteiger partial charge on any atom is 0.421 e. The summed E-state index contributed by atoms with van der Waals surface area (Å²) < 4.78 is 61.1. The van der Waals surface area contributed by atoms with Crippen LogP contribution in [0.25, 0.3) is 0 Å². The molecule has 1 saturated carbocycles. The molecule has 2 aliphatic heterocycles. The smallest absolute Gasteiger partial charge is 0.421 e. The molecule has 1 amide bonds. The minimum absolute atomic E-state index is 0.168. The second kappa shape index (κ2) is 15.2. The summed E-state index contributed by atoms with van der Waals surface area (Å²) >= 11 is 0. The lowest BCUT2D eigenvalue weighted by molar-refractivity contribution is -0.137. The van der Waals surface area contributed by atoms with Crippen molar-refractivity contribution in [3.63, 3.8) is 0 Å². The van der Waals surface area contributed by atoms with Crippen LogP contribution in [0.5, 0.6) is 5.75 Å². The highest BCUT2D eigenvalue weighted by atomic mass is 31.2. The van der Waals surface area contributed by atoms with Crippen molar-refractivity contribution in [2.75, 3.05) is 58.0 Å². The summed E-state index contributed by atoms with van der Waals surface area (Å²) in [5.74, 6) is -0.545. The molecular weight excluding hydrogens is 710 g/mol. The predicted molar refractivity (Wildman–Crippen MR) is 197 cm³/mol. The molecular formula is C37H49F3N7O5P. The lowest BCUT2D eigenvalue weighted by Crippen LogP contribution is -2.49. The maximum atomic E-state index is 14.3. The molecule has 2 aromatic carbocycles. The topological polar surface area (TPSA) is 143 Å². The minimum atomic E-state index is -4.81. The average Bonchev–Trinajstić information content (AvgIpc) is 3.42. The molecule has 0 radical (unpaired) electrons. The van der Waals surface area contributed by atoms with Gasteiger partial charge in [0.2, 0.25) is 5.95 Å². The van der Waals surface area contributed by atoms with E-state index in [1.807, 2.05) is 6.07 Å². The van der Waals surface area contributed by atoms with Gasteiger partial charge in [0.1, 0.15) is 17.1 Å². The van der Waals surface area contributed by atoms with E-state index < -0.39 is 30.3 Å². The Morgan fingerprint density at radius 1 is 0.962 bits per heavy atom. The summed E-state index contributed by atoms with van der Waals surface area (Å²) in [7, 11) is 0.633. The number of nitrogens with zero attached hydrogens (tertiary/aromatic N) is 5. The van der Waals surface area contributed by atoms with Gasteiger partial charge in [0.25, 0.3) is 5.91 Å². The highest BCUT2D eigenvalue weighted by Gasteiger charge is 2.46. The molecule has 3 heterocycles. The second-order valence-corrected chi connectivity index (χ2v) is 16.4. The van der Waals surface area contributed by atoms with Crippen molar-refractivity contribution in [3.05, 3.63) is 64.3 Å². The zero-order valence-corrected chi connectivity index (χ0v) is 31.7. The van der Waals surface area contributed by atoms with Crippen molar-refractivity contribution in [1.29, 1.82) is 0 Å². The van der Waals surface area contributed by atoms with Gasteiger partial charge in [0.15, 0.2) is 0 Å². The largest absolute Gasteiger partial charge is 0.495 e. The normalized spacial score (nSPS) is 20.4. The minimum Gasteiger partial charge on any atom is -0.495 e. The average molecular weight is 760 g/mol. The van der Waals surface area contributed by atoms with E-state index in [1.54, 1.807) is 37.9 Å². The first-order valence-electron chi connectivity index (χ1n) is 18.2. The third-order valence-electron chi connectivity index (χ3n) is 11.6. The first kappa shape index (κ1) is 39.0. The Kier molecular flexibility index (Phi) is 11.2. The summed E-state index contributed by atoms with van der Waals surface area (Å²) in [6.07, 6.45) is 0.292. The summed E-state index contributed by atoms with van der Waals surface area (Å²) in [6, 6.07) is 8.74. The number of anilines is 4. The fourth-order valence-electron chi connectivity index (χ4n) is 8.32. The zero-order chi connectivity index (χ0) is 38.3. The van der Waals surface area contributed by atoms with Gasteiger partial charge in [-0.3, -0.25) is 14.3 Å². The number of ether oxygens (including phenoxy) is 1. The molecule has 12 nitrogen and oxygen atoms in total. The van der Waals surface area contributed by atoms with Crippen LogP contribution in [0.15, 0.2) is 36.5 Å². The predicted octanol–water partition coefficient (Wildman–Crippen LogP) is 7.04. The fraction of sp³-hybridized carbons (Fsp3) is 0.541. The molecule has 288 valence electrons. The van der Waals surface area contributed by atoms with E-state index in [-0.39, 0.29) is 47.7 Å². The molecule has 4 N–H and O–H groups in total. The van der Waals surface area contributed by atoms with Gasteiger partial charge in [0.05, 0.1) is 29.2 Å². The van der Waals surface area contributed by atoms with E-state index in [1.165, 1.54) is 19.2 Å². The number of aromatic nitrogens is 2. The summed E-state index contributed by atoms with van der Waals surface area (Å²) in [5.41, 5.74) is 2.02. The summed E-state index contributed by atoms with van der Waals surface area (Å²) in [4.78, 5) is 48.7. The number of amides is 1. The molecule has 0 unspecified atom stereocenters. The first-order chi connectivity index (χ1) is 25.1. The SMILES string of the molecule is CCC(CC)(c1ccc(Nc2ncc(C(F)(F)F)c(Nc3ccc(C4CCC(N5CCN(C)CC5)CC4)c4c3C(=O)N(C)C4)n2)c(OC)c1)P(=O)(O)O. The number of alkyl halides is 3. The Balaban J connectivity index is 1.28. The first-order valence-corrected chi connectivity index (χ1v) is 19.8. The van der Waals surface area contributed by atoms with E-state index in [4.69, 9.17) is 4.74 Å². The Morgan fingerprint density at radius 3 is 2.23 bits per heavy atom. The highest BCUT2D eigenvalue weighted by molar-refractivity contribution is 7.53. The molecule has 1 aliphatic carbocycles. The third-order valence-corrected chi connectivity index (χ3v) is 13.6. The van der Waals surface area contributed by atoms with Crippen molar-refractivity contribution in [2.45, 2.75) is 82.2 Å². The molecule has 2 fully saturated rings. The number of methoxy groups -OCH3 is 1. The monoisotopic (exact) mass is 759 g/mol. The van der Waals surface area contributed by atoms with E-state index >= 15 is 0 Å². The van der Waals surface area contributed by atoms with Gasteiger partial charge < -0.3 is 35.0 Å². The Morgan fingerprint density at radius 2 is 1.62 bits per heavy atom. The number of halogens is 3. The number of benzene rings is 2. The Hall–Kier alpha value is -3.75. The molecule has 3 aromatic rings. The number of hydrogen-bond acceptors (Lipinski definition) is 9. The summed E-state index contributed by atoms with van der Waals surface area (Å²) in [6.45, 7) is 8.03. The van der Waals surface area contributed by atoms with Crippen LogP contribution >= 0.6 is 7.60 Å². The van der Waals surface area contributed by atoms with Crippen LogP contribution in [0.4, 0.5) is 36.3 Å². The lowest BCUT2D eigenvalue weighted by atomic mass is 9.78. The maximum absolute atomic E-state index is 14.3. The number of piperazine rings is 1. The lowest BCUT2D eigenvalue weighted by Gasteiger charge is -2.41. The fourth-order valence-corrected chi connectivity index (χ4v) is 9.62. The Labute approximate surface area is 308 Å². The van der Waals surface area contributed by atoms with Crippen LogP contribution < -0.4 is 15.4 Å². The van der Waals surface area contributed by atoms with Crippen LogP contribution in [0, 0.1) is 0 Å². The molecule has 16 heteroatoms. The van der Waals surface area contributed by atoms with Gasteiger partial charge in [-0.1, -0.05) is 26.0 Å². The van der Waals surface area contributed by atoms with Crippen LogP contribution in [0.3, 0.4) is 0 Å². The van der Waals surface area contributed by atoms with Crippen molar-refractivity contribution >= 4 is 36.6 Å². The van der Waals surface area contributed by atoms with Crippen LogP contribution in [0.2, 0.25) is 0 Å². The van der Waals surface area contributed by atoms with Crippen molar-refractivity contribution in [1.82, 2.24) is 24.7 Å². The number of hydrogen-bond donors (Lipinski definition) is 4. The standard InChI is InChI=1S/C37H49F3N7O5P/c1-6-36(7-2,53(49,50)51)24-10-14-29(31(20-24)52-5)43-35-41-21-28(37(38,39)40)33(44-35)42-30-15-13-26(27-22-46(4)34(48)32(27)30)23-8-11-25(12-9-23)47-18-16-45(3)17-19-47/h10,13-15,20-21,23,25H,6-9,11-12,16-19,22H2,1-5H3,(H2,49,50,51)(H2,41,42,43,44). The van der Waals surface area contributed by atoms with Crippen LogP contribution in [-0.2, 0) is 22.4 Å². The van der Waals surface area contributed by atoms with E-state index in [0.29, 0.717) is 29.9 Å². The van der Waals surface area contributed by atoms with E-state index in [9.17, 15) is 32.3 Å². The van der Waals surface area contributed by atoms with Crippen LogP contribution in [0.1, 0.15) is 90.9 Å². The summed E-state index contributed by atoms with van der Waals surface area (Å²) in [5, 5.41) is 4.31. The van der Waals surface area contributed by atoms with Crippen molar-refractivity contribution in [2.24, 2.45) is 0 Å². The number of carbonyl (C=O) groups excluding carboxylic acids is 1. The van der Waals surface area contributed by atoms with Gasteiger partial charge in [-0.05, 0) is 86.4 Å². The van der Waals surface area contributed by atoms with Gasteiger partial charge in [0, 0.05) is 52.0 Å². The number of rotatable bonds is 11. The highest BCUT2D eigenvalue weighted by Crippen LogP contribution is 2.61. The quantitative estimate of drug-likeness (QED) is 0.150. The van der Waals surface area contributed by atoms with Gasteiger partial charge >= 0.3 is 13.8 Å². The molecule has 1 saturated heterocycles. The number of carbonyl (C=O) groups is 1. The van der Waals surface area contributed by atoms with E-state index in [2.05, 4.69) is 37.4 Å². The molecule has 6 rings (SSSR count). The van der Waals surface area contributed by atoms with Gasteiger partial charge in [-0.25, -0.2) is 4.98 Å².